The number of nitro benzene ring substituents is 1. The summed E-state index contributed by atoms with van der Waals surface area (Å²) in [5.41, 5.74) is -2.09. The zero-order chi connectivity index (χ0) is 24.5. The first-order chi connectivity index (χ1) is 16.6. The molecule has 2 amide bonds. The van der Waals surface area contributed by atoms with E-state index in [1.807, 2.05) is 30.3 Å². The van der Waals surface area contributed by atoms with Crippen LogP contribution in [0, 0.1) is 26.9 Å². The molecule has 1 saturated carbocycles. The number of carbonyl (C=O) groups excluding carboxylic acids is 3. The van der Waals surface area contributed by atoms with Crippen molar-refractivity contribution in [3.8, 4) is 11.1 Å². The lowest BCUT2D eigenvalue weighted by Gasteiger charge is -2.52. The van der Waals surface area contributed by atoms with E-state index in [1.165, 1.54) is 6.07 Å². The van der Waals surface area contributed by atoms with Crippen LogP contribution >= 0.6 is 0 Å². The number of Topliss-reactive ketones (excluding diaryl/α,β-unsaturated/α-hetero) is 1. The Kier molecular flexibility index (Phi) is 3.45. The van der Waals surface area contributed by atoms with Gasteiger partial charge in [0.25, 0.3) is 5.69 Å². The average molecular weight is 469 g/mol. The van der Waals surface area contributed by atoms with Gasteiger partial charge in [-0.1, -0.05) is 50.2 Å². The molecule has 2 aromatic carbocycles. The van der Waals surface area contributed by atoms with Gasteiger partial charge < -0.3 is 10.2 Å². The van der Waals surface area contributed by atoms with Crippen LogP contribution in [0.4, 0.5) is 5.69 Å². The minimum atomic E-state index is -0.985. The molecule has 5 aliphatic rings. The Bertz CT molecular complexity index is 1450. The molecule has 3 aliphatic heterocycles. The van der Waals surface area contributed by atoms with Crippen LogP contribution in [0.1, 0.15) is 32.3 Å². The first-order valence-corrected chi connectivity index (χ1v) is 11.9. The number of hydrogen-bond donors (Lipinski definition) is 1. The molecule has 1 N–H and O–H groups in total. The van der Waals surface area contributed by atoms with Crippen molar-refractivity contribution in [1.29, 1.82) is 0 Å². The molecule has 3 spiro atoms. The number of piperidine rings is 1. The Morgan fingerprint density at radius 2 is 1.80 bits per heavy atom. The van der Waals surface area contributed by atoms with E-state index in [-0.39, 0.29) is 40.3 Å². The Balaban J connectivity index is 1.42. The van der Waals surface area contributed by atoms with E-state index in [1.54, 1.807) is 37.0 Å². The maximum atomic E-state index is 13.9. The van der Waals surface area contributed by atoms with E-state index in [9.17, 15) is 24.5 Å². The SMILES string of the molecule is CC1(C)C(=O)C(c2ccc(-c3ccccc3)cc2[N+](=O)[O-])=CC23NC(=O)C45CCCN4C(=O)C25C13. The Morgan fingerprint density at radius 1 is 1.06 bits per heavy atom. The summed E-state index contributed by atoms with van der Waals surface area (Å²) in [4.78, 5) is 54.0. The van der Waals surface area contributed by atoms with Crippen molar-refractivity contribution in [3.05, 3.63) is 70.3 Å². The highest BCUT2D eigenvalue weighted by molar-refractivity contribution is 6.29. The fourth-order valence-corrected chi connectivity index (χ4v) is 8.13. The van der Waals surface area contributed by atoms with Crippen LogP contribution in [0.5, 0.6) is 0 Å². The van der Waals surface area contributed by atoms with Gasteiger partial charge in [0.1, 0.15) is 11.0 Å². The normalized spacial score (nSPS) is 35.3. The molecule has 8 nitrogen and oxygen atoms in total. The molecule has 8 heteroatoms. The van der Waals surface area contributed by atoms with E-state index in [0.717, 1.165) is 12.0 Å². The molecule has 4 unspecified atom stereocenters. The third-order valence-corrected chi connectivity index (χ3v) is 9.28. The summed E-state index contributed by atoms with van der Waals surface area (Å²) in [6, 6.07) is 14.2. The zero-order valence-corrected chi connectivity index (χ0v) is 19.3. The molecule has 3 heterocycles. The van der Waals surface area contributed by atoms with E-state index >= 15 is 0 Å². The quantitative estimate of drug-likeness (QED) is 0.422. The molecule has 7 rings (SSSR count). The van der Waals surface area contributed by atoms with E-state index in [4.69, 9.17) is 0 Å². The van der Waals surface area contributed by atoms with Crippen molar-refractivity contribution in [1.82, 2.24) is 10.2 Å². The number of carbonyl (C=O) groups is 3. The lowest BCUT2D eigenvalue weighted by molar-refractivity contribution is -0.385. The maximum Gasteiger partial charge on any atom is 0.277 e. The molecule has 2 aromatic rings. The van der Waals surface area contributed by atoms with Gasteiger partial charge in [-0.15, -0.1) is 0 Å². The van der Waals surface area contributed by atoms with Crippen molar-refractivity contribution >= 4 is 28.9 Å². The zero-order valence-electron chi connectivity index (χ0n) is 19.3. The first kappa shape index (κ1) is 20.6. The smallest absolute Gasteiger partial charge is 0.277 e. The largest absolute Gasteiger partial charge is 0.343 e. The summed E-state index contributed by atoms with van der Waals surface area (Å²) in [5, 5.41) is 15.3. The van der Waals surface area contributed by atoms with Crippen molar-refractivity contribution < 1.29 is 19.3 Å². The second-order valence-corrected chi connectivity index (χ2v) is 10.9. The van der Waals surface area contributed by atoms with Gasteiger partial charge in [0.15, 0.2) is 5.78 Å². The van der Waals surface area contributed by atoms with E-state index in [0.29, 0.717) is 18.5 Å². The number of ketones is 1. The van der Waals surface area contributed by atoms with Crippen LogP contribution in [-0.2, 0) is 14.4 Å². The highest BCUT2D eigenvalue weighted by atomic mass is 16.6. The van der Waals surface area contributed by atoms with Crippen LogP contribution in [0.2, 0.25) is 0 Å². The third kappa shape index (κ3) is 1.91. The second-order valence-electron chi connectivity index (χ2n) is 10.9. The van der Waals surface area contributed by atoms with Crippen LogP contribution in [0.25, 0.3) is 16.7 Å². The highest BCUT2D eigenvalue weighted by Crippen LogP contribution is 2.85. The summed E-state index contributed by atoms with van der Waals surface area (Å²) in [7, 11) is 0. The first-order valence-electron chi connectivity index (χ1n) is 11.9. The molecule has 3 saturated heterocycles. The van der Waals surface area contributed by atoms with Gasteiger partial charge in [-0.3, -0.25) is 24.5 Å². The Hall–Kier alpha value is -3.81. The Labute approximate surface area is 201 Å². The predicted octanol–water partition coefficient (Wildman–Crippen LogP) is 3.11. The standard InChI is InChI=1S/C27H23N3O5/c1-24(2)20(31)18(17-10-9-16(13-19(17)30(34)35)15-7-4-3-5-8-15)14-25-21(24)27(25)23(33)29-12-6-11-26(27,29)22(32)28-25/h3-5,7-10,13-14,21H,6,11-12H2,1-2H3,(H,28,32). The van der Waals surface area contributed by atoms with Crippen LogP contribution in [-0.4, -0.2) is 45.0 Å². The van der Waals surface area contributed by atoms with Gasteiger partial charge in [0.2, 0.25) is 11.8 Å². The molecule has 176 valence electrons. The van der Waals surface area contributed by atoms with Gasteiger partial charge in [-0.25, -0.2) is 0 Å². The fourth-order valence-electron chi connectivity index (χ4n) is 8.13. The van der Waals surface area contributed by atoms with E-state index < -0.39 is 26.8 Å². The second kappa shape index (κ2) is 5.87. The lowest BCUT2D eigenvalue weighted by atomic mass is 9.64. The molecule has 4 fully saturated rings. The monoisotopic (exact) mass is 469 g/mol. The fraction of sp³-hybridized carbons (Fsp3) is 0.370. The van der Waals surface area contributed by atoms with Gasteiger partial charge in [0.05, 0.1) is 16.0 Å². The summed E-state index contributed by atoms with van der Waals surface area (Å²) in [6.07, 6.45) is 3.01. The van der Waals surface area contributed by atoms with Crippen molar-refractivity contribution in [2.45, 2.75) is 37.8 Å². The molecule has 2 aliphatic carbocycles. The minimum Gasteiger partial charge on any atom is -0.343 e. The molecular weight excluding hydrogens is 446 g/mol. The third-order valence-electron chi connectivity index (χ3n) is 9.28. The predicted molar refractivity (Wildman–Crippen MR) is 126 cm³/mol. The number of allylic oxidation sites excluding steroid dienone is 1. The minimum absolute atomic E-state index is 0.0781. The van der Waals surface area contributed by atoms with Gasteiger partial charge in [-0.05, 0) is 36.1 Å². The summed E-state index contributed by atoms with van der Waals surface area (Å²) >= 11 is 0. The Morgan fingerprint density at radius 3 is 2.51 bits per heavy atom. The van der Waals surface area contributed by atoms with Crippen molar-refractivity contribution in [2.24, 2.45) is 16.7 Å². The summed E-state index contributed by atoms with van der Waals surface area (Å²) in [6.45, 7) is 4.15. The highest BCUT2D eigenvalue weighted by Gasteiger charge is 3.03. The van der Waals surface area contributed by atoms with Crippen molar-refractivity contribution in [2.75, 3.05) is 6.54 Å². The van der Waals surface area contributed by atoms with E-state index in [2.05, 4.69) is 5.32 Å². The maximum absolute atomic E-state index is 13.9. The number of benzene rings is 2. The number of nitrogens with one attached hydrogen (secondary N) is 1. The molecule has 0 bridgehead atoms. The summed E-state index contributed by atoms with van der Waals surface area (Å²) in [5.74, 6) is -0.840. The number of nitro groups is 1. The number of hydrogen-bond acceptors (Lipinski definition) is 5. The molecule has 0 aromatic heterocycles. The van der Waals surface area contributed by atoms with Crippen LogP contribution < -0.4 is 5.32 Å². The van der Waals surface area contributed by atoms with Gasteiger partial charge >= 0.3 is 0 Å². The number of β-lactam (4-membered cyclic amide) rings is 1. The number of amides is 2. The van der Waals surface area contributed by atoms with Crippen molar-refractivity contribution in [3.63, 3.8) is 0 Å². The number of nitrogens with zero attached hydrogens (tertiary/aromatic N) is 2. The van der Waals surface area contributed by atoms with Crippen LogP contribution in [0.3, 0.4) is 0 Å². The molecule has 4 atom stereocenters. The average Bonchev–Trinajstić information content (AvgIpc) is 3.21. The van der Waals surface area contributed by atoms with Crippen LogP contribution in [0.15, 0.2) is 54.6 Å². The molecule has 0 radical (unpaired) electrons. The van der Waals surface area contributed by atoms with Gasteiger partial charge in [-0.2, -0.15) is 0 Å². The molecular formula is C27H23N3O5. The lowest BCUT2D eigenvalue weighted by Crippen LogP contribution is -2.73. The summed E-state index contributed by atoms with van der Waals surface area (Å²) < 4.78 is 0. The number of rotatable bonds is 3. The topological polar surface area (TPSA) is 110 Å². The molecule has 35 heavy (non-hydrogen) atoms. The van der Waals surface area contributed by atoms with Gasteiger partial charge in [0, 0.05) is 29.5 Å².